The molecule has 0 aliphatic heterocycles. The van der Waals surface area contributed by atoms with E-state index in [1.54, 1.807) is 20.8 Å². The summed E-state index contributed by atoms with van der Waals surface area (Å²) >= 11 is 5.92. The van der Waals surface area contributed by atoms with Gasteiger partial charge in [0.2, 0.25) is 5.91 Å². The molecule has 0 heterocycles. The van der Waals surface area contributed by atoms with Crippen molar-refractivity contribution in [1.29, 1.82) is 0 Å². The first-order valence-electron chi connectivity index (χ1n) is 8.18. The van der Waals surface area contributed by atoms with Gasteiger partial charge in [-0.25, -0.2) is 9.18 Å². The molecule has 1 aromatic rings. The van der Waals surface area contributed by atoms with Gasteiger partial charge in [-0.2, -0.15) is 0 Å². The van der Waals surface area contributed by atoms with Crippen LogP contribution >= 0.6 is 11.6 Å². The highest BCUT2D eigenvalue weighted by Crippen LogP contribution is 2.19. The standard InChI is InChI=1S/C18H26ClFN2O3/c1-11(2)15(22-17(24)25-18(3,4)5)10-21-16(23)9-12-13(19)7-6-8-14(12)20/h6-8,11,15H,9-10H2,1-5H3,(H,21,23)(H,22,24). The molecule has 1 atom stereocenters. The van der Waals surface area contributed by atoms with Crippen molar-refractivity contribution in [3.05, 3.63) is 34.6 Å². The average Bonchev–Trinajstić information content (AvgIpc) is 2.45. The zero-order chi connectivity index (χ0) is 19.2. The lowest BCUT2D eigenvalue weighted by molar-refractivity contribution is -0.120. The third-order valence-corrected chi connectivity index (χ3v) is 3.78. The molecular formula is C18H26ClFN2O3. The predicted molar refractivity (Wildman–Crippen MR) is 96.1 cm³/mol. The second-order valence-corrected chi connectivity index (χ2v) is 7.59. The van der Waals surface area contributed by atoms with E-state index >= 15 is 0 Å². The van der Waals surface area contributed by atoms with Gasteiger partial charge in [-0.05, 0) is 38.8 Å². The number of carbonyl (C=O) groups is 2. The number of ether oxygens (including phenoxy) is 1. The van der Waals surface area contributed by atoms with Gasteiger partial charge in [0.05, 0.1) is 12.5 Å². The van der Waals surface area contributed by atoms with Crippen molar-refractivity contribution in [3.8, 4) is 0 Å². The largest absolute Gasteiger partial charge is 0.444 e. The van der Waals surface area contributed by atoms with E-state index in [1.165, 1.54) is 18.2 Å². The Bertz CT molecular complexity index is 595. The molecule has 0 aliphatic carbocycles. The smallest absolute Gasteiger partial charge is 0.407 e. The Kier molecular flexibility index (Phi) is 7.67. The number of alkyl carbamates (subject to hydrolysis) is 1. The van der Waals surface area contributed by atoms with E-state index in [9.17, 15) is 14.0 Å². The van der Waals surface area contributed by atoms with Crippen molar-refractivity contribution in [2.75, 3.05) is 6.54 Å². The molecular weight excluding hydrogens is 347 g/mol. The number of nitrogens with one attached hydrogen (secondary N) is 2. The normalized spacial score (nSPS) is 12.6. The van der Waals surface area contributed by atoms with E-state index in [2.05, 4.69) is 10.6 Å². The van der Waals surface area contributed by atoms with Crippen LogP contribution in [0.2, 0.25) is 5.02 Å². The summed E-state index contributed by atoms with van der Waals surface area (Å²) in [5, 5.41) is 5.65. The molecule has 0 bridgehead atoms. The maximum Gasteiger partial charge on any atom is 0.407 e. The van der Waals surface area contributed by atoms with Gasteiger partial charge in [-0.1, -0.05) is 31.5 Å². The summed E-state index contributed by atoms with van der Waals surface area (Å²) in [7, 11) is 0. The van der Waals surface area contributed by atoms with Gasteiger partial charge in [0.25, 0.3) is 0 Å². The van der Waals surface area contributed by atoms with Crippen molar-refractivity contribution in [2.24, 2.45) is 5.92 Å². The summed E-state index contributed by atoms with van der Waals surface area (Å²) in [5.74, 6) is -0.816. The van der Waals surface area contributed by atoms with Crippen LogP contribution in [0.4, 0.5) is 9.18 Å². The molecule has 0 aliphatic rings. The third-order valence-electron chi connectivity index (χ3n) is 3.43. The molecule has 1 rings (SSSR count). The van der Waals surface area contributed by atoms with E-state index in [1.807, 2.05) is 13.8 Å². The summed E-state index contributed by atoms with van der Waals surface area (Å²) in [6.45, 7) is 9.37. The zero-order valence-corrected chi connectivity index (χ0v) is 16.0. The lowest BCUT2D eigenvalue weighted by Gasteiger charge is -2.26. The van der Waals surface area contributed by atoms with Crippen LogP contribution in [0.1, 0.15) is 40.2 Å². The highest BCUT2D eigenvalue weighted by molar-refractivity contribution is 6.31. The van der Waals surface area contributed by atoms with Gasteiger partial charge in [-0.15, -0.1) is 0 Å². The second kappa shape index (κ2) is 9.04. The Balaban J connectivity index is 2.60. The first-order chi connectivity index (χ1) is 11.5. The molecule has 0 saturated heterocycles. The number of benzene rings is 1. The molecule has 0 fully saturated rings. The highest BCUT2D eigenvalue weighted by Gasteiger charge is 2.22. The second-order valence-electron chi connectivity index (χ2n) is 7.18. The van der Waals surface area contributed by atoms with Crippen LogP contribution in [0.25, 0.3) is 0 Å². The predicted octanol–water partition coefficient (Wildman–Crippen LogP) is 3.69. The number of halogens is 2. The lowest BCUT2D eigenvalue weighted by Crippen LogP contribution is -2.48. The summed E-state index contributed by atoms with van der Waals surface area (Å²) in [5.41, 5.74) is -0.445. The monoisotopic (exact) mass is 372 g/mol. The summed E-state index contributed by atoms with van der Waals surface area (Å²) in [6, 6.07) is 3.97. The Morgan fingerprint density at radius 2 is 1.92 bits per heavy atom. The number of carbonyl (C=O) groups excluding carboxylic acids is 2. The van der Waals surface area contributed by atoms with Crippen molar-refractivity contribution >= 4 is 23.6 Å². The Morgan fingerprint density at radius 1 is 1.28 bits per heavy atom. The summed E-state index contributed by atoms with van der Waals surface area (Å²) in [6.07, 6.45) is -0.708. The van der Waals surface area contributed by atoms with E-state index in [-0.39, 0.29) is 41.4 Å². The van der Waals surface area contributed by atoms with Crippen molar-refractivity contribution in [1.82, 2.24) is 10.6 Å². The quantitative estimate of drug-likeness (QED) is 0.800. The lowest BCUT2D eigenvalue weighted by atomic mass is 10.0. The topological polar surface area (TPSA) is 67.4 Å². The van der Waals surface area contributed by atoms with Gasteiger partial charge < -0.3 is 15.4 Å². The Labute approximate surface area is 153 Å². The third kappa shape index (κ3) is 7.73. The zero-order valence-electron chi connectivity index (χ0n) is 15.3. The summed E-state index contributed by atoms with van der Waals surface area (Å²) < 4.78 is 19.0. The Morgan fingerprint density at radius 3 is 2.44 bits per heavy atom. The summed E-state index contributed by atoms with van der Waals surface area (Å²) in [4.78, 5) is 24.0. The molecule has 7 heteroatoms. The number of rotatable bonds is 6. The van der Waals surface area contributed by atoms with Crippen LogP contribution in [0, 0.1) is 11.7 Å². The highest BCUT2D eigenvalue weighted by atomic mass is 35.5. The van der Waals surface area contributed by atoms with Gasteiger partial charge >= 0.3 is 6.09 Å². The molecule has 25 heavy (non-hydrogen) atoms. The fourth-order valence-electron chi connectivity index (χ4n) is 2.06. The van der Waals surface area contributed by atoms with Gasteiger partial charge in [0.1, 0.15) is 11.4 Å². The van der Waals surface area contributed by atoms with Crippen LogP contribution in [-0.4, -0.2) is 30.2 Å². The van der Waals surface area contributed by atoms with Gasteiger partial charge in [0.15, 0.2) is 0 Å². The first kappa shape index (κ1) is 21.2. The molecule has 1 aromatic carbocycles. The Hall–Kier alpha value is -1.82. The van der Waals surface area contributed by atoms with E-state index in [4.69, 9.17) is 16.3 Å². The van der Waals surface area contributed by atoms with Gasteiger partial charge in [-0.3, -0.25) is 4.79 Å². The van der Waals surface area contributed by atoms with Crippen LogP contribution in [0.15, 0.2) is 18.2 Å². The number of hydrogen-bond donors (Lipinski definition) is 2. The molecule has 0 radical (unpaired) electrons. The van der Waals surface area contributed by atoms with Crippen LogP contribution in [0.3, 0.4) is 0 Å². The molecule has 0 aromatic heterocycles. The molecule has 0 saturated carbocycles. The minimum atomic E-state index is -0.601. The van der Waals surface area contributed by atoms with Crippen LogP contribution < -0.4 is 10.6 Å². The van der Waals surface area contributed by atoms with Crippen molar-refractivity contribution in [2.45, 2.75) is 52.7 Å². The molecule has 5 nitrogen and oxygen atoms in total. The minimum absolute atomic E-state index is 0.0740. The fraction of sp³-hybridized carbons (Fsp3) is 0.556. The van der Waals surface area contributed by atoms with Crippen molar-refractivity contribution < 1.29 is 18.7 Å². The maximum atomic E-state index is 13.7. The number of hydrogen-bond acceptors (Lipinski definition) is 3. The average molecular weight is 373 g/mol. The van der Waals surface area contributed by atoms with Gasteiger partial charge in [0, 0.05) is 17.1 Å². The molecule has 0 spiro atoms. The van der Waals surface area contributed by atoms with E-state index < -0.39 is 17.5 Å². The fourth-order valence-corrected chi connectivity index (χ4v) is 2.29. The first-order valence-corrected chi connectivity index (χ1v) is 8.56. The minimum Gasteiger partial charge on any atom is -0.444 e. The molecule has 1 unspecified atom stereocenters. The number of amides is 2. The van der Waals surface area contributed by atoms with Crippen LogP contribution in [0.5, 0.6) is 0 Å². The molecule has 2 N–H and O–H groups in total. The van der Waals surface area contributed by atoms with Crippen molar-refractivity contribution in [3.63, 3.8) is 0 Å². The van der Waals surface area contributed by atoms with E-state index in [0.717, 1.165) is 0 Å². The SMILES string of the molecule is CC(C)C(CNC(=O)Cc1c(F)cccc1Cl)NC(=O)OC(C)(C)C. The van der Waals surface area contributed by atoms with Crippen LogP contribution in [-0.2, 0) is 16.0 Å². The maximum absolute atomic E-state index is 13.7. The van der Waals surface area contributed by atoms with E-state index in [0.29, 0.717) is 0 Å². The molecule has 140 valence electrons. The molecule has 2 amide bonds.